The van der Waals surface area contributed by atoms with Crippen LogP contribution in [0.5, 0.6) is 0 Å². The number of fused-ring (bicyclic) bond motifs is 1. The first-order valence-corrected chi connectivity index (χ1v) is 8.27. The number of aromatic nitrogens is 2. The van der Waals surface area contributed by atoms with E-state index in [2.05, 4.69) is 10.3 Å². The fourth-order valence-electron chi connectivity index (χ4n) is 2.75. The van der Waals surface area contributed by atoms with Gasteiger partial charge in [-0.2, -0.15) is 0 Å². The molecule has 1 aromatic carbocycles. The Kier molecular flexibility index (Phi) is 4.33. The zero-order valence-corrected chi connectivity index (χ0v) is 14.9. The van der Waals surface area contributed by atoms with Crippen molar-refractivity contribution in [3.63, 3.8) is 0 Å². The molecule has 0 aliphatic rings. The highest BCUT2D eigenvalue weighted by molar-refractivity contribution is 5.94. The molecule has 0 atom stereocenters. The molecule has 0 fully saturated rings. The van der Waals surface area contributed by atoms with Crippen molar-refractivity contribution in [3.05, 3.63) is 54.0 Å². The number of amides is 1. The summed E-state index contributed by atoms with van der Waals surface area (Å²) in [6.07, 6.45) is 1.76. The molecule has 0 saturated heterocycles. The maximum absolute atomic E-state index is 13.8. The SMILES string of the molecule is Cc1ccc(-c2c(NC(=O)CC(C)(C)C)nc3ccc(F)cn23)cc1. The highest BCUT2D eigenvalue weighted by atomic mass is 19.1. The average molecular weight is 339 g/mol. The van der Waals surface area contributed by atoms with Gasteiger partial charge in [-0.05, 0) is 24.5 Å². The van der Waals surface area contributed by atoms with E-state index in [1.54, 1.807) is 10.5 Å². The number of carbonyl (C=O) groups excluding carboxylic acids is 1. The Morgan fingerprint density at radius 1 is 1.16 bits per heavy atom. The maximum atomic E-state index is 13.8. The number of benzene rings is 1. The van der Waals surface area contributed by atoms with Gasteiger partial charge in [0.1, 0.15) is 11.5 Å². The number of anilines is 1. The number of hydrogen-bond donors (Lipinski definition) is 1. The average Bonchev–Trinajstić information content (AvgIpc) is 2.83. The number of imidazole rings is 1. The molecule has 4 nitrogen and oxygen atoms in total. The van der Waals surface area contributed by atoms with Gasteiger partial charge in [-0.3, -0.25) is 9.20 Å². The van der Waals surface area contributed by atoms with Crippen molar-refractivity contribution in [1.29, 1.82) is 0 Å². The van der Waals surface area contributed by atoms with Crippen LogP contribution in [0.15, 0.2) is 42.6 Å². The third kappa shape index (κ3) is 3.87. The molecule has 0 unspecified atom stereocenters. The van der Waals surface area contributed by atoms with Crippen molar-refractivity contribution in [3.8, 4) is 11.3 Å². The molecular weight excluding hydrogens is 317 g/mol. The monoisotopic (exact) mass is 339 g/mol. The fraction of sp³-hybridized carbons (Fsp3) is 0.300. The van der Waals surface area contributed by atoms with E-state index < -0.39 is 0 Å². The van der Waals surface area contributed by atoms with Gasteiger partial charge in [-0.1, -0.05) is 50.6 Å². The molecule has 1 N–H and O–H groups in total. The van der Waals surface area contributed by atoms with Gasteiger partial charge in [0.05, 0.1) is 5.69 Å². The van der Waals surface area contributed by atoms with Gasteiger partial charge in [-0.25, -0.2) is 9.37 Å². The topological polar surface area (TPSA) is 46.4 Å². The largest absolute Gasteiger partial charge is 0.309 e. The van der Waals surface area contributed by atoms with Crippen LogP contribution >= 0.6 is 0 Å². The third-order valence-electron chi connectivity index (χ3n) is 3.86. The Labute approximate surface area is 146 Å². The standard InChI is InChI=1S/C20H22FN3O/c1-13-5-7-14(8-6-13)18-19(23-17(25)11-20(2,3)4)22-16-10-9-15(21)12-24(16)18/h5-10,12H,11H2,1-4H3,(H,23,25). The first-order valence-electron chi connectivity index (χ1n) is 8.27. The quantitative estimate of drug-likeness (QED) is 0.743. The van der Waals surface area contributed by atoms with E-state index in [0.29, 0.717) is 23.6 Å². The van der Waals surface area contributed by atoms with Crippen LogP contribution in [0.1, 0.15) is 32.8 Å². The second-order valence-electron chi connectivity index (χ2n) is 7.54. The van der Waals surface area contributed by atoms with E-state index in [1.165, 1.54) is 12.3 Å². The van der Waals surface area contributed by atoms with Crippen molar-refractivity contribution in [2.45, 2.75) is 34.1 Å². The molecule has 3 aromatic rings. The fourth-order valence-corrected chi connectivity index (χ4v) is 2.75. The molecule has 1 amide bonds. The summed E-state index contributed by atoms with van der Waals surface area (Å²) in [5, 5.41) is 2.90. The van der Waals surface area contributed by atoms with E-state index in [1.807, 2.05) is 52.0 Å². The number of carbonyl (C=O) groups is 1. The minimum atomic E-state index is -0.356. The highest BCUT2D eigenvalue weighted by Crippen LogP contribution is 2.30. The summed E-state index contributed by atoms with van der Waals surface area (Å²) in [5.41, 5.74) is 3.14. The molecule has 3 rings (SSSR count). The van der Waals surface area contributed by atoms with Gasteiger partial charge in [0.2, 0.25) is 5.91 Å². The Balaban J connectivity index is 2.09. The number of nitrogens with one attached hydrogen (secondary N) is 1. The van der Waals surface area contributed by atoms with E-state index >= 15 is 0 Å². The molecule has 2 aromatic heterocycles. The Morgan fingerprint density at radius 3 is 2.48 bits per heavy atom. The van der Waals surface area contributed by atoms with Gasteiger partial charge in [0, 0.05) is 18.2 Å². The smallest absolute Gasteiger partial charge is 0.226 e. The summed E-state index contributed by atoms with van der Waals surface area (Å²) in [4.78, 5) is 16.9. The molecule has 0 radical (unpaired) electrons. The number of pyridine rings is 1. The number of hydrogen-bond acceptors (Lipinski definition) is 2. The van der Waals surface area contributed by atoms with Crippen LogP contribution in [0.25, 0.3) is 16.9 Å². The van der Waals surface area contributed by atoms with E-state index in [4.69, 9.17) is 0 Å². The zero-order chi connectivity index (χ0) is 18.2. The summed E-state index contributed by atoms with van der Waals surface area (Å²) in [6, 6.07) is 10.8. The van der Waals surface area contributed by atoms with Crippen LogP contribution in [0.2, 0.25) is 0 Å². The molecule has 0 bridgehead atoms. The molecule has 0 saturated carbocycles. The van der Waals surface area contributed by atoms with Crippen molar-refractivity contribution in [2.24, 2.45) is 5.41 Å². The van der Waals surface area contributed by atoms with Crippen LogP contribution in [0.3, 0.4) is 0 Å². The van der Waals surface area contributed by atoms with Gasteiger partial charge >= 0.3 is 0 Å². The minimum absolute atomic E-state index is 0.107. The predicted molar refractivity (Wildman–Crippen MR) is 98.0 cm³/mol. The van der Waals surface area contributed by atoms with E-state index in [9.17, 15) is 9.18 Å². The molecule has 130 valence electrons. The number of halogens is 1. The summed E-state index contributed by atoms with van der Waals surface area (Å²) in [7, 11) is 0. The van der Waals surface area contributed by atoms with E-state index in [-0.39, 0.29) is 17.1 Å². The second kappa shape index (κ2) is 6.31. The molecule has 0 aliphatic carbocycles. The van der Waals surface area contributed by atoms with Crippen molar-refractivity contribution < 1.29 is 9.18 Å². The van der Waals surface area contributed by atoms with Crippen LogP contribution in [0, 0.1) is 18.2 Å². The first-order chi connectivity index (χ1) is 11.7. The highest BCUT2D eigenvalue weighted by Gasteiger charge is 2.20. The molecule has 0 spiro atoms. The van der Waals surface area contributed by atoms with Gasteiger partial charge in [0.25, 0.3) is 0 Å². The third-order valence-corrected chi connectivity index (χ3v) is 3.86. The predicted octanol–water partition coefficient (Wildman–Crippen LogP) is 4.82. The van der Waals surface area contributed by atoms with Crippen LogP contribution < -0.4 is 5.32 Å². The molecule has 5 heteroatoms. The number of aryl methyl sites for hydroxylation is 1. The Hall–Kier alpha value is -2.69. The Bertz CT molecular complexity index is 921. The molecule has 2 heterocycles. The van der Waals surface area contributed by atoms with Gasteiger partial charge in [-0.15, -0.1) is 0 Å². The molecular formula is C20H22FN3O. The van der Waals surface area contributed by atoms with Crippen LogP contribution in [-0.2, 0) is 4.79 Å². The van der Waals surface area contributed by atoms with E-state index in [0.717, 1.165) is 11.1 Å². The lowest BCUT2D eigenvalue weighted by atomic mass is 9.92. The molecule has 25 heavy (non-hydrogen) atoms. The normalized spacial score (nSPS) is 11.7. The summed E-state index contributed by atoms with van der Waals surface area (Å²) >= 11 is 0. The van der Waals surface area contributed by atoms with Crippen molar-refractivity contribution in [2.75, 3.05) is 5.32 Å². The lowest BCUT2D eigenvalue weighted by molar-refractivity contribution is -0.117. The lowest BCUT2D eigenvalue weighted by Crippen LogP contribution is -2.20. The Morgan fingerprint density at radius 2 is 1.84 bits per heavy atom. The minimum Gasteiger partial charge on any atom is -0.309 e. The van der Waals surface area contributed by atoms with Crippen molar-refractivity contribution >= 4 is 17.4 Å². The van der Waals surface area contributed by atoms with Crippen molar-refractivity contribution in [1.82, 2.24) is 9.38 Å². The number of rotatable bonds is 3. The van der Waals surface area contributed by atoms with Gasteiger partial charge < -0.3 is 5.32 Å². The second-order valence-corrected chi connectivity index (χ2v) is 7.54. The maximum Gasteiger partial charge on any atom is 0.226 e. The number of nitrogens with zero attached hydrogens (tertiary/aromatic N) is 2. The first kappa shape index (κ1) is 17.1. The van der Waals surface area contributed by atoms with Crippen LogP contribution in [0.4, 0.5) is 10.2 Å². The summed E-state index contributed by atoms with van der Waals surface area (Å²) < 4.78 is 15.4. The lowest BCUT2D eigenvalue weighted by Gasteiger charge is -2.17. The zero-order valence-electron chi connectivity index (χ0n) is 14.9. The summed E-state index contributed by atoms with van der Waals surface area (Å²) in [5.74, 6) is -0.0146. The summed E-state index contributed by atoms with van der Waals surface area (Å²) in [6.45, 7) is 8.02. The van der Waals surface area contributed by atoms with Crippen LogP contribution in [-0.4, -0.2) is 15.3 Å². The molecule has 0 aliphatic heterocycles. The van der Waals surface area contributed by atoms with Gasteiger partial charge in [0.15, 0.2) is 5.82 Å².